The van der Waals surface area contributed by atoms with Gasteiger partial charge in [-0.1, -0.05) is 56.7 Å². The van der Waals surface area contributed by atoms with Crippen molar-refractivity contribution in [2.24, 2.45) is 0 Å². The van der Waals surface area contributed by atoms with Gasteiger partial charge in [0.2, 0.25) is 0 Å². The van der Waals surface area contributed by atoms with Crippen LogP contribution in [-0.4, -0.2) is 35.7 Å². The molecule has 1 heterocycles. The van der Waals surface area contributed by atoms with Crippen LogP contribution in [0.3, 0.4) is 0 Å². The smallest absolute Gasteiger partial charge is 0.255 e. The molecule has 0 aliphatic carbocycles. The molecule has 6 heteroatoms. The zero-order valence-corrected chi connectivity index (χ0v) is 23.0. The molecule has 0 unspecified atom stereocenters. The molecule has 38 heavy (non-hydrogen) atoms. The SMILES string of the molecule is COc1ccccc1C(=O)NCCCCCc1nc2ccccc2n1CCOc1cc(C)ccc1C(C)C. The molecule has 0 spiro atoms. The Bertz CT molecular complexity index is 1360. The molecule has 1 N–H and O–H groups in total. The highest BCUT2D eigenvalue weighted by molar-refractivity contribution is 5.96. The van der Waals surface area contributed by atoms with E-state index in [4.69, 9.17) is 14.5 Å². The van der Waals surface area contributed by atoms with Gasteiger partial charge in [0, 0.05) is 13.0 Å². The van der Waals surface area contributed by atoms with Crippen LogP contribution >= 0.6 is 0 Å². The predicted octanol–water partition coefficient (Wildman–Crippen LogP) is 6.70. The van der Waals surface area contributed by atoms with Crippen molar-refractivity contribution in [3.8, 4) is 11.5 Å². The number of benzene rings is 3. The lowest BCUT2D eigenvalue weighted by Gasteiger charge is -2.16. The van der Waals surface area contributed by atoms with Crippen molar-refractivity contribution in [3.63, 3.8) is 0 Å². The van der Waals surface area contributed by atoms with Crippen LogP contribution in [0.5, 0.6) is 11.5 Å². The number of carbonyl (C=O) groups is 1. The maximum absolute atomic E-state index is 12.5. The second-order valence-electron chi connectivity index (χ2n) is 9.98. The Morgan fingerprint density at radius 2 is 1.76 bits per heavy atom. The summed E-state index contributed by atoms with van der Waals surface area (Å²) in [5, 5.41) is 3.01. The molecule has 1 aromatic heterocycles. The van der Waals surface area contributed by atoms with Gasteiger partial charge in [0.15, 0.2) is 0 Å². The standard InChI is InChI=1S/C32H39N3O3/c1-23(2)25-18-17-24(3)22-30(25)38-21-20-35-28-14-9-8-13-27(28)34-31(35)16-6-5-11-19-33-32(36)26-12-7-10-15-29(26)37-4/h7-10,12-15,17-18,22-23H,5-6,11,16,19-21H2,1-4H3,(H,33,36). The number of carbonyl (C=O) groups excluding carboxylic acids is 1. The van der Waals surface area contributed by atoms with E-state index in [0.717, 1.165) is 54.8 Å². The molecule has 0 atom stereocenters. The maximum atomic E-state index is 12.5. The number of nitrogens with zero attached hydrogens (tertiary/aromatic N) is 2. The van der Waals surface area contributed by atoms with E-state index in [9.17, 15) is 4.79 Å². The van der Waals surface area contributed by atoms with Gasteiger partial charge in [-0.05, 0) is 67.1 Å². The lowest BCUT2D eigenvalue weighted by Crippen LogP contribution is -2.24. The summed E-state index contributed by atoms with van der Waals surface area (Å²) in [6.07, 6.45) is 3.81. The number of ether oxygens (including phenoxy) is 2. The Labute approximate surface area is 226 Å². The zero-order valence-electron chi connectivity index (χ0n) is 23.0. The topological polar surface area (TPSA) is 65.4 Å². The van der Waals surface area contributed by atoms with Crippen molar-refractivity contribution in [2.75, 3.05) is 20.3 Å². The molecule has 0 fully saturated rings. The minimum atomic E-state index is -0.0986. The number of hydrogen-bond donors (Lipinski definition) is 1. The second-order valence-corrected chi connectivity index (χ2v) is 9.98. The Hall–Kier alpha value is -3.80. The van der Waals surface area contributed by atoms with E-state index in [2.05, 4.69) is 67.1 Å². The molecular formula is C32H39N3O3. The van der Waals surface area contributed by atoms with Crippen molar-refractivity contribution in [2.45, 2.75) is 58.9 Å². The van der Waals surface area contributed by atoms with Gasteiger partial charge in [-0.3, -0.25) is 4.79 Å². The first-order valence-electron chi connectivity index (χ1n) is 13.6. The van der Waals surface area contributed by atoms with Gasteiger partial charge < -0.3 is 19.4 Å². The van der Waals surface area contributed by atoms with E-state index < -0.39 is 0 Å². The van der Waals surface area contributed by atoms with Gasteiger partial charge in [0.05, 0.1) is 30.3 Å². The monoisotopic (exact) mass is 513 g/mol. The minimum absolute atomic E-state index is 0.0986. The van der Waals surface area contributed by atoms with E-state index in [1.54, 1.807) is 19.2 Å². The molecule has 0 aliphatic rings. The summed E-state index contributed by atoms with van der Waals surface area (Å²) in [7, 11) is 1.58. The zero-order chi connectivity index (χ0) is 26.9. The summed E-state index contributed by atoms with van der Waals surface area (Å²) in [6.45, 7) is 8.46. The summed E-state index contributed by atoms with van der Waals surface area (Å²) in [5.74, 6) is 2.96. The van der Waals surface area contributed by atoms with E-state index in [-0.39, 0.29) is 5.91 Å². The largest absolute Gasteiger partial charge is 0.496 e. The highest BCUT2D eigenvalue weighted by Gasteiger charge is 2.13. The van der Waals surface area contributed by atoms with E-state index in [1.807, 2.05) is 18.2 Å². The molecule has 4 aromatic rings. The van der Waals surface area contributed by atoms with Gasteiger partial charge in [-0.25, -0.2) is 4.98 Å². The number of unbranched alkanes of at least 4 members (excludes halogenated alkanes) is 2. The fourth-order valence-corrected chi connectivity index (χ4v) is 4.77. The number of aromatic nitrogens is 2. The van der Waals surface area contributed by atoms with Crippen molar-refractivity contribution in [3.05, 3.63) is 89.2 Å². The highest BCUT2D eigenvalue weighted by Crippen LogP contribution is 2.28. The molecular weight excluding hydrogens is 474 g/mol. The average molecular weight is 514 g/mol. The number of amides is 1. The number of imidazole rings is 1. The summed E-state index contributed by atoms with van der Waals surface area (Å²) >= 11 is 0. The number of nitrogens with one attached hydrogen (secondary N) is 1. The summed E-state index contributed by atoms with van der Waals surface area (Å²) < 4.78 is 13.9. The minimum Gasteiger partial charge on any atom is -0.496 e. The third-order valence-corrected chi connectivity index (χ3v) is 6.81. The van der Waals surface area contributed by atoms with E-state index in [1.165, 1.54) is 11.1 Å². The van der Waals surface area contributed by atoms with Crippen molar-refractivity contribution < 1.29 is 14.3 Å². The number of para-hydroxylation sites is 3. The lowest BCUT2D eigenvalue weighted by molar-refractivity contribution is 0.0950. The van der Waals surface area contributed by atoms with Gasteiger partial charge in [0.1, 0.15) is 23.9 Å². The van der Waals surface area contributed by atoms with Crippen LogP contribution in [-0.2, 0) is 13.0 Å². The van der Waals surface area contributed by atoms with Gasteiger partial charge in [0.25, 0.3) is 5.91 Å². The van der Waals surface area contributed by atoms with Crippen LogP contribution in [0, 0.1) is 6.92 Å². The molecule has 0 saturated heterocycles. The first-order valence-corrected chi connectivity index (χ1v) is 13.6. The fourth-order valence-electron chi connectivity index (χ4n) is 4.77. The summed E-state index contributed by atoms with van der Waals surface area (Å²) in [6, 6.07) is 22.0. The Morgan fingerprint density at radius 1 is 0.974 bits per heavy atom. The number of aryl methyl sites for hydroxylation is 2. The molecule has 0 radical (unpaired) electrons. The van der Waals surface area contributed by atoms with Crippen LogP contribution < -0.4 is 14.8 Å². The Morgan fingerprint density at radius 3 is 2.58 bits per heavy atom. The van der Waals surface area contributed by atoms with Gasteiger partial charge >= 0.3 is 0 Å². The quantitative estimate of drug-likeness (QED) is 0.202. The number of fused-ring (bicyclic) bond motifs is 1. The van der Waals surface area contributed by atoms with Crippen LogP contribution in [0.1, 0.15) is 66.3 Å². The first kappa shape index (κ1) is 27.2. The van der Waals surface area contributed by atoms with Crippen LogP contribution in [0.25, 0.3) is 11.0 Å². The fraction of sp³-hybridized carbons (Fsp3) is 0.375. The summed E-state index contributed by atoms with van der Waals surface area (Å²) in [4.78, 5) is 17.4. The Balaban J connectivity index is 1.31. The maximum Gasteiger partial charge on any atom is 0.255 e. The van der Waals surface area contributed by atoms with Crippen LogP contribution in [0.2, 0.25) is 0 Å². The molecule has 200 valence electrons. The van der Waals surface area contributed by atoms with Crippen molar-refractivity contribution >= 4 is 16.9 Å². The van der Waals surface area contributed by atoms with Gasteiger partial charge in [-0.2, -0.15) is 0 Å². The van der Waals surface area contributed by atoms with Crippen molar-refractivity contribution in [1.29, 1.82) is 0 Å². The lowest BCUT2D eigenvalue weighted by atomic mass is 10.0. The second kappa shape index (κ2) is 13.1. The van der Waals surface area contributed by atoms with Gasteiger partial charge in [-0.15, -0.1) is 0 Å². The molecule has 1 amide bonds. The van der Waals surface area contributed by atoms with Crippen LogP contribution in [0.4, 0.5) is 0 Å². The number of hydrogen-bond acceptors (Lipinski definition) is 4. The Kier molecular flexibility index (Phi) is 9.41. The molecule has 0 saturated carbocycles. The third-order valence-electron chi connectivity index (χ3n) is 6.81. The molecule has 3 aromatic carbocycles. The highest BCUT2D eigenvalue weighted by atomic mass is 16.5. The molecule has 4 rings (SSSR count). The van der Waals surface area contributed by atoms with Crippen LogP contribution in [0.15, 0.2) is 66.7 Å². The average Bonchev–Trinajstić information content (AvgIpc) is 3.27. The molecule has 0 bridgehead atoms. The van der Waals surface area contributed by atoms with E-state index in [0.29, 0.717) is 30.4 Å². The normalized spacial score (nSPS) is 11.2. The van der Waals surface area contributed by atoms with E-state index >= 15 is 0 Å². The molecule has 0 aliphatic heterocycles. The number of rotatable bonds is 13. The first-order chi connectivity index (χ1) is 18.5. The van der Waals surface area contributed by atoms with Crippen molar-refractivity contribution in [1.82, 2.24) is 14.9 Å². The predicted molar refractivity (Wildman–Crippen MR) is 153 cm³/mol. The number of methoxy groups -OCH3 is 1. The third kappa shape index (κ3) is 6.74. The molecule has 6 nitrogen and oxygen atoms in total. The summed E-state index contributed by atoms with van der Waals surface area (Å²) in [5.41, 5.74) is 5.17.